The molecule has 0 unspecified atom stereocenters. The number of hydrogen-bond acceptors (Lipinski definition) is 0. The zero-order valence-corrected chi connectivity index (χ0v) is 18.0. The van der Waals surface area contributed by atoms with Crippen LogP contribution in [-0.2, 0) is 29.5 Å². The van der Waals surface area contributed by atoms with Crippen molar-refractivity contribution in [3.8, 4) is 0 Å². The average Bonchev–Trinajstić information content (AvgIpc) is 3.26. The van der Waals surface area contributed by atoms with E-state index in [0.29, 0.717) is 0 Å². The summed E-state index contributed by atoms with van der Waals surface area (Å²) in [5.74, 6) is 0. The molecule has 0 saturated heterocycles. The van der Waals surface area contributed by atoms with Gasteiger partial charge >= 0.3 is 163 Å². The third kappa shape index (κ3) is 4.04. The zero-order chi connectivity index (χ0) is 17.3. The number of aryl methyl sites for hydroxylation is 2. The summed E-state index contributed by atoms with van der Waals surface area (Å²) in [6.45, 7) is 4.38. The van der Waals surface area contributed by atoms with Crippen molar-refractivity contribution in [1.29, 1.82) is 0 Å². The van der Waals surface area contributed by atoms with Crippen LogP contribution >= 0.6 is 0 Å². The van der Waals surface area contributed by atoms with Gasteiger partial charge in [-0.1, -0.05) is 0 Å². The Kier molecular flexibility index (Phi) is 6.70. The summed E-state index contributed by atoms with van der Waals surface area (Å²) >= 11 is -0.991. The first-order chi connectivity index (χ1) is 12.1. The predicted molar refractivity (Wildman–Crippen MR) is 102 cm³/mol. The van der Waals surface area contributed by atoms with Gasteiger partial charge in [0.25, 0.3) is 0 Å². The van der Waals surface area contributed by atoms with Crippen LogP contribution in [0.5, 0.6) is 0 Å². The summed E-state index contributed by atoms with van der Waals surface area (Å²) in [6.07, 6.45) is 18.7. The Labute approximate surface area is 171 Å². The van der Waals surface area contributed by atoms with E-state index in [0.717, 1.165) is 0 Å². The first-order valence-electron chi connectivity index (χ1n) is 8.80. The molecule has 4 rings (SSSR count). The molecule has 2 aromatic rings. The van der Waals surface area contributed by atoms with Crippen molar-refractivity contribution in [2.24, 2.45) is 0 Å². The fourth-order valence-corrected chi connectivity index (χ4v) is 8.71. The molecule has 3 heteroatoms. The summed E-state index contributed by atoms with van der Waals surface area (Å²) in [5, 5.41) is 0. The van der Waals surface area contributed by atoms with E-state index >= 15 is 0 Å². The van der Waals surface area contributed by atoms with Gasteiger partial charge in [0.2, 0.25) is 0 Å². The number of allylic oxidation sites excluding steroid dienone is 8. The van der Waals surface area contributed by atoms with Crippen LogP contribution in [0.2, 0.25) is 0 Å². The van der Waals surface area contributed by atoms with Gasteiger partial charge in [-0.3, -0.25) is 0 Å². The van der Waals surface area contributed by atoms with Gasteiger partial charge in [-0.25, -0.2) is 0 Å². The van der Waals surface area contributed by atoms with Gasteiger partial charge in [-0.2, -0.15) is 0 Å². The van der Waals surface area contributed by atoms with Crippen LogP contribution in [-0.4, -0.2) is 0 Å². The standard InChI is InChI=1S/2C12H11.2FH.Zr/c2*1-10-5-4-8-12(9-10)11-6-2-3-7-11;;;/h2*2-9H,1H3;2*1H;/q;;;;+2/p-2. The molecule has 0 heterocycles. The molecule has 0 radical (unpaired) electrons. The van der Waals surface area contributed by atoms with Crippen LogP contribution in [0.1, 0.15) is 22.3 Å². The van der Waals surface area contributed by atoms with Crippen LogP contribution < -0.4 is 9.41 Å². The number of hydrogen-bond donors (Lipinski definition) is 0. The van der Waals surface area contributed by atoms with Gasteiger partial charge in [0, 0.05) is 0 Å². The van der Waals surface area contributed by atoms with Gasteiger partial charge in [-0.05, 0) is 0 Å². The van der Waals surface area contributed by atoms with Crippen molar-refractivity contribution < 1.29 is 32.6 Å². The normalized spacial score (nSPS) is 17.3. The van der Waals surface area contributed by atoms with Crippen molar-refractivity contribution in [3.63, 3.8) is 0 Å². The second-order valence-electron chi connectivity index (χ2n) is 7.04. The van der Waals surface area contributed by atoms with E-state index in [-0.39, 0.29) is 15.7 Å². The Hall–Kier alpha value is -1.86. The number of benzene rings is 2. The first kappa shape index (κ1) is 21.4. The minimum atomic E-state index is -0.991. The largest absolute Gasteiger partial charge is 1.00 e. The Balaban J connectivity index is 0.00000131. The molecule has 27 heavy (non-hydrogen) atoms. The van der Waals surface area contributed by atoms with E-state index in [4.69, 9.17) is 0 Å². The summed E-state index contributed by atoms with van der Waals surface area (Å²) < 4.78 is 0.219. The van der Waals surface area contributed by atoms with E-state index in [9.17, 15) is 0 Å². The second kappa shape index (κ2) is 8.44. The quantitative estimate of drug-likeness (QED) is 0.616. The summed E-state index contributed by atoms with van der Waals surface area (Å²) in [5.41, 5.74) is 5.58. The van der Waals surface area contributed by atoms with Crippen molar-refractivity contribution in [2.45, 2.75) is 20.1 Å². The van der Waals surface area contributed by atoms with Crippen molar-refractivity contribution in [3.05, 3.63) is 119 Å². The van der Waals surface area contributed by atoms with E-state index in [2.05, 4.69) is 111 Å². The molecule has 2 aromatic carbocycles. The monoisotopic (exact) mass is 438 g/mol. The van der Waals surface area contributed by atoms with Gasteiger partial charge < -0.3 is 9.41 Å². The smallest absolute Gasteiger partial charge is 1.00 e. The molecule has 0 aliphatic heterocycles. The average molecular weight is 440 g/mol. The molecule has 0 amide bonds. The molecule has 0 nitrogen and oxygen atoms in total. The van der Waals surface area contributed by atoms with E-state index in [1.165, 1.54) is 22.3 Å². The third-order valence-corrected chi connectivity index (χ3v) is 10.2. The van der Waals surface area contributed by atoms with Crippen molar-refractivity contribution in [1.82, 2.24) is 0 Å². The Morgan fingerprint density at radius 3 is 1.30 bits per heavy atom. The SMILES string of the molecule is Cc1cccc([C]2([Zr+2][C]3(c4cccc(C)c4)C=CC=C3)C=CC=C2)c1.[F-].[F-]. The zero-order valence-electron chi connectivity index (χ0n) is 15.5. The molecule has 0 fully saturated rings. The van der Waals surface area contributed by atoms with E-state index < -0.39 is 23.2 Å². The Bertz CT molecular complexity index is 822. The van der Waals surface area contributed by atoms with Crippen LogP contribution in [0.3, 0.4) is 0 Å². The second-order valence-corrected chi connectivity index (χ2v) is 11.7. The van der Waals surface area contributed by atoms with Crippen LogP contribution in [0, 0.1) is 13.8 Å². The van der Waals surface area contributed by atoms with Crippen LogP contribution in [0.15, 0.2) is 97.1 Å². The molecular weight excluding hydrogens is 417 g/mol. The minimum absolute atomic E-state index is 0. The summed E-state index contributed by atoms with van der Waals surface area (Å²) in [7, 11) is 0. The van der Waals surface area contributed by atoms with Gasteiger partial charge in [-0.15, -0.1) is 0 Å². The van der Waals surface area contributed by atoms with Crippen LogP contribution in [0.4, 0.5) is 0 Å². The maximum absolute atomic E-state index is 2.44. The molecule has 0 spiro atoms. The van der Waals surface area contributed by atoms with Crippen LogP contribution in [0.25, 0.3) is 0 Å². The van der Waals surface area contributed by atoms with Crippen molar-refractivity contribution in [2.75, 3.05) is 0 Å². The molecule has 136 valence electrons. The fraction of sp³-hybridized carbons (Fsp3) is 0.167. The molecule has 0 saturated carbocycles. The van der Waals surface area contributed by atoms with E-state index in [1.54, 1.807) is 0 Å². The van der Waals surface area contributed by atoms with Crippen molar-refractivity contribution >= 4 is 0 Å². The van der Waals surface area contributed by atoms with Gasteiger partial charge in [0.15, 0.2) is 0 Å². The van der Waals surface area contributed by atoms with E-state index in [1.807, 2.05) is 0 Å². The third-order valence-electron chi connectivity index (χ3n) is 5.06. The van der Waals surface area contributed by atoms with Gasteiger partial charge in [0.05, 0.1) is 0 Å². The molecule has 0 aromatic heterocycles. The molecule has 0 bridgehead atoms. The topological polar surface area (TPSA) is 0 Å². The molecule has 0 atom stereocenters. The summed E-state index contributed by atoms with van der Waals surface area (Å²) in [4.78, 5) is 0. The maximum Gasteiger partial charge on any atom is -1.00 e. The Morgan fingerprint density at radius 2 is 0.963 bits per heavy atom. The number of rotatable bonds is 4. The minimum Gasteiger partial charge on any atom is -1.00 e. The Morgan fingerprint density at radius 1 is 0.593 bits per heavy atom. The molecule has 2 aliphatic carbocycles. The number of halogens is 2. The summed E-state index contributed by atoms with van der Waals surface area (Å²) in [6, 6.07) is 18.1. The fourth-order valence-electron chi connectivity index (χ4n) is 3.78. The first-order valence-corrected chi connectivity index (χ1v) is 11.3. The maximum atomic E-state index is 2.44. The molecule has 0 N–H and O–H groups in total. The molecule has 2 aliphatic rings. The predicted octanol–water partition coefficient (Wildman–Crippen LogP) is -0.263. The van der Waals surface area contributed by atoms with Gasteiger partial charge in [0.1, 0.15) is 0 Å². The molecular formula is C24H22F2Zr.